The van der Waals surface area contributed by atoms with Crippen LogP contribution in [-0.2, 0) is 0 Å². The molecule has 0 radical (unpaired) electrons. The second-order valence-corrected chi connectivity index (χ2v) is 6.32. The van der Waals surface area contributed by atoms with Gasteiger partial charge in [0.25, 0.3) is 5.91 Å². The molecule has 0 unspecified atom stereocenters. The first-order chi connectivity index (χ1) is 14.2. The van der Waals surface area contributed by atoms with Gasteiger partial charge in [0, 0.05) is 23.5 Å². The Bertz CT molecular complexity index is 1140. The van der Waals surface area contributed by atoms with Crippen LogP contribution in [0.15, 0.2) is 71.8 Å². The lowest BCUT2D eigenvalue weighted by Crippen LogP contribution is -2.14. The highest BCUT2D eigenvalue weighted by Crippen LogP contribution is 2.32. The standard InChI is InChI=1S/C22H18N4O3/c1-14-20(21(26-29-14)15-6-4-3-5-7-15)22(27)25-18-9-8-16(10-19(18)28-2)17-11-23-13-24-12-17/h3-13H,1-2H3,(H,25,27). The number of amides is 1. The zero-order valence-corrected chi connectivity index (χ0v) is 15.9. The highest BCUT2D eigenvalue weighted by Gasteiger charge is 2.22. The minimum absolute atomic E-state index is 0.323. The summed E-state index contributed by atoms with van der Waals surface area (Å²) in [6, 6.07) is 14.9. The van der Waals surface area contributed by atoms with E-state index in [4.69, 9.17) is 9.26 Å². The van der Waals surface area contributed by atoms with Crippen molar-refractivity contribution in [2.24, 2.45) is 0 Å². The molecule has 0 bridgehead atoms. The normalized spacial score (nSPS) is 10.6. The predicted octanol–water partition coefficient (Wildman–Crippen LogP) is 4.37. The maximum Gasteiger partial charge on any atom is 0.261 e. The van der Waals surface area contributed by atoms with Gasteiger partial charge >= 0.3 is 0 Å². The number of carbonyl (C=O) groups excluding carboxylic acids is 1. The van der Waals surface area contributed by atoms with Crippen LogP contribution in [0, 0.1) is 6.92 Å². The molecule has 2 aromatic carbocycles. The Hall–Kier alpha value is -4.00. The average molecular weight is 386 g/mol. The zero-order chi connectivity index (χ0) is 20.2. The van der Waals surface area contributed by atoms with E-state index in [1.165, 1.54) is 6.33 Å². The summed E-state index contributed by atoms with van der Waals surface area (Å²) < 4.78 is 10.8. The van der Waals surface area contributed by atoms with Gasteiger partial charge in [0.2, 0.25) is 0 Å². The maximum absolute atomic E-state index is 13.0. The minimum Gasteiger partial charge on any atom is -0.495 e. The first-order valence-corrected chi connectivity index (χ1v) is 8.94. The summed E-state index contributed by atoms with van der Waals surface area (Å²) in [5.41, 5.74) is 3.96. The van der Waals surface area contributed by atoms with Gasteiger partial charge in [0.1, 0.15) is 29.1 Å². The zero-order valence-electron chi connectivity index (χ0n) is 15.9. The van der Waals surface area contributed by atoms with Crippen LogP contribution in [-0.4, -0.2) is 28.1 Å². The number of hydrogen-bond donors (Lipinski definition) is 1. The van der Waals surface area contributed by atoms with Crippen LogP contribution < -0.4 is 10.1 Å². The smallest absolute Gasteiger partial charge is 0.261 e. The van der Waals surface area contributed by atoms with Crippen LogP contribution in [0.3, 0.4) is 0 Å². The summed E-state index contributed by atoms with van der Waals surface area (Å²) in [6.45, 7) is 1.71. The van der Waals surface area contributed by atoms with Gasteiger partial charge in [-0.05, 0) is 24.6 Å². The van der Waals surface area contributed by atoms with Crippen LogP contribution in [0.25, 0.3) is 22.4 Å². The van der Waals surface area contributed by atoms with Crippen molar-refractivity contribution in [3.8, 4) is 28.1 Å². The lowest BCUT2D eigenvalue weighted by atomic mass is 10.1. The van der Waals surface area contributed by atoms with Crippen LogP contribution in [0.1, 0.15) is 16.1 Å². The molecule has 0 saturated heterocycles. The second kappa shape index (κ2) is 7.93. The predicted molar refractivity (Wildman–Crippen MR) is 109 cm³/mol. The average Bonchev–Trinajstić information content (AvgIpc) is 3.16. The summed E-state index contributed by atoms with van der Waals surface area (Å²) in [6.07, 6.45) is 4.90. The third-order valence-electron chi connectivity index (χ3n) is 4.48. The second-order valence-electron chi connectivity index (χ2n) is 6.32. The van der Waals surface area contributed by atoms with Gasteiger partial charge in [-0.1, -0.05) is 41.6 Å². The van der Waals surface area contributed by atoms with E-state index < -0.39 is 0 Å². The van der Waals surface area contributed by atoms with E-state index >= 15 is 0 Å². The Morgan fingerprint density at radius 2 is 1.76 bits per heavy atom. The fourth-order valence-corrected chi connectivity index (χ4v) is 3.04. The molecule has 4 aromatic rings. The van der Waals surface area contributed by atoms with Crippen molar-refractivity contribution in [1.29, 1.82) is 0 Å². The number of aryl methyl sites for hydroxylation is 1. The Kier molecular flexibility index (Phi) is 5.03. The van der Waals surface area contributed by atoms with E-state index in [2.05, 4.69) is 20.4 Å². The Morgan fingerprint density at radius 1 is 1.00 bits per heavy atom. The van der Waals surface area contributed by atoms with E-state index in [1.54, 1.807) is 32.5 Å². The van der Waals surface area contributed by atoms with Gasteiger partial charge in [-0.15, -0.1) is 0 Å². The topological polar surface area (TPSA) is 90.1 Å². The van der Waals surface area contributed by atoms with E-state index in [0.717, 1.165) is 16.7 Å². The minimum atomic E-state index is -0.323. The van der Waals surface area contributed by atoms with Crippen molar-refractivity contribution in [2.75, 3.05) is 12.4 Å². The number of nitrogens with zero attached hydrogens (tertiary/aromatic N) is 3. The van der Waals surface area contributed by atoms with Crippen LogP contribution in [0.4, 0.5) is 5.69 Å². The number of ether oxygens (including phenoxy) is 1. The largest absolute Gasteiger partial charge is 0.495 e. The van der Waals surface area contributed by atoms with E-state index in [9.17, 15) is 4.79 Å². The number of anilines is 1. The number of nitrogens with one attached hydrogen (secondary N) is 1. The number of methoxy groups -OCH3 is 1. The first kappa shape index (κ1) is 18.4. The molecule has 0 aliphatic rings. The third-order valence-corrected chi connectivity index (χ3v) is 4.48. The highest BCUT2D eigenvalue weighted by molar-refractivity contribution is 6.09. The van der Waals surface area contributed by atoms with Gasteiger partial charge < -0.3 is 14.6 Å². The molecule has 7 nitrogen and oxygen atoms in total. The lowest BCUT2D eigenvalue weighted by molar-refractivity contribution is 0.102. The number of carbonyl (C=O) groups is 1. The Labute approximate surface area is 167 Å². The van der Waals surface area contributed by atoms with Gasteiger partial charge in [-0.2, -0.15) is 0 Å². The van der Waals surface area contributed by atoms with Gasteiger partial charge in [0.05, 0.1) is 12.8 Å². The molecule has 0 aliphatic heterocycles. The van der Waals surface area contributed by atoms with Crippen LogP contribution in [0.2, 0.25) is 0 Å². The molecule has 7 heteroatoms. The maximum atomic E-state index is 13.0. The molecular weight excluding hydrogens is 368 g/mol. The monoisotopic (exact) mass is 386 g/mol. The molecule has 0 spiro atoms. The molecule has 2 heterocycles. The number of rotatable bonds is 5. The molecule has 4 rings (SSSR count). The molecule has 1 amide bonds. The molecule has 0 saturated carbocycles. The third kappa shape index (κ3) is 3.70. The Morgan fingerprint density at radius 3 is 2.48 bits per heavy atom. The van der Waals surface area contributed by atoms with Crippen molar-refractivity contribution in [3.63, 3.8) is 0 Å². The van der Waals surface area contributed by atoms with Crippen molar-refractivity contribution in [1.82, 2.24) is 15.1 Å². The molecule has 1 N–H and O–H groups in total. The summed E-state index contributed by atoms with van der Waals surface area (Å²) in [5.74, 6) is 0.644. The summed E-state index contributed by atoms with van der Waals surface area (Å²) in [4.78, 5) is 21.1. The van der Waals surface area contributed by atoms with E-state index in [0.29, 0.717) is 28.5 Å². The molecule has 0 atom stereocenters. The van der Waals surface area contributed by atoms with Crippen molar-refractivity contribution in [3.05, 3.63) is 78.6 Å². The molecule has 0 fully saturated rings. The summed E-state index contributed by atoms with van der Waals surface area (Å²) >= 11 is 0. The quantitative estimate of drug-likeness (QED) is 0.548. The van der Waals surface area contributed by atoms with Crippen molar-refractivity contribution in [2.45, 2.75) is 6.92 Å². The van der Waals surface area contributed by atoms with Crippen molar-refractivity contribution < 1.29 is 14.1 Å². The number of aromatic nitrogens is 3. The fraction of sp³-hybridized carbons (Fsp3) is 0.0909. The van der Waals surface area contributed by atoms with Gasteiger partial charge in [-0.3, -0.25) is 4.79 Å². The molecule has 0 aliphatic carbocycles. The Balaban J connectivity index is 1.65. The molecule has 29 heavy (non-hydrogen) atoms. The summed E-state index contributed by atoms with van der Waals surface area (Å²) in [7, 11) is 1.55. The molecule has 2 aromatic heterocycles. The van der Waals surface area contributed by atoms with Gasteiger partial charge in [-0.25, -0.2) is 9.97 Å². The first-order valence-electron chi connectivity index (χ1n) is 8.94. The lowest BCUT2D eigenvalue weighted by Gasteiger charge is -2.12. The number of benzene rings is 2. The van der Waals surface area contributed by atoms with E-state index in [-0.39, 0.29) is 5.91 Å². The molecule has 144 valence electrons. The van der Waals surface area contributed by atoms with Crippen LogP contribution >= 0.6 is 0 Å². The van der Waals surface area contributed by atoms with Crippen LogP contribution in [0.5, 0.6) is 5.75 Å². The van der Waals surface area contributed by atoms with Gasteiger partial charge in [0.15, 0.2) is 0 Å². The van der Waals surface area contributed by atoms with Crippen molar-refractivity contribution >= 4 is 11.6 Å². The fourth-order valence-electron chi connectivity index (χ4n) is 3.04. The highest BCUT2D eigenvalue weighted by atomic mass is 16.5. The SMILES string of the molecule is COc1cc(-c2cncnc2)ccc1NC(=O)c1c(-c2ccccc2)noc1C. The molecular formula is C22H18N4O3. The van der Waals surface area contributed by atoms with E-state index in [1.807, 2.05) is 42.5 Å². The number of hydrogen-bond acceptors (Lipinski definition) is 6. The summed E-state index contributed by atoms with van der Waals surface area (Å²) in [5, 5.41) is 6.96.